The molecule has 5 nitrogen and oxygen atoms in total. The Morgan fingerprint density at radius 1 is 1.03 bits per heavy atom. The van der Waals surface area contributed by atoms with E-state index in [0.717, 1.165) is 22.0 Å². The normalized spacial score (nSPS) is 28.3. The first-order valence-corrected chi connectivity index (χ1v) is 10.5. The number of benzene rings is 3. The van der Waals surface area contributed by atoms with Crippen molar-refractivity contribution >= 4 is 28.3 Å². The van der Waals surface area contributed by atoms with E-state index >= 15 is 0 Å². The molecule has 4 atom stereocenters. The van der Waals surface area contributed by atoms with E-state index in [1.165, 1.54) is 0 Å². The first-order chi connectivity index (χ1) is 15.2. The summed E-state index contributed by atoms with van der Waals surface area (Å²) < 4.78 is 11.8. The van der Waals surface area contributed by atoms with E-state index in [1.54, 1.807) is 4.90 Å². The maximum absolute atomic E-state index is 13.6. The van der Waals surface area contributed by atoms with Gasteiger partial charge in [0.2, 0.25) is 5.91 Å². The van der Waals surface area contributed by atoms with Crippen molar-refractivity contribution in [1.29, 1.82) is 0 Å². The summed E-state index contributed by atoms with van der Waals surface area (Å²) in [5, 5.41) is 2.08. The van der Waals surface area contributed by atoms with Crippen molar-refractivity contribution in [2.45, 2.75) is 18.3 Å². The monoisotopic (exact) mass is 411 g/mol. The number of fused-ring (bicyclic) bond motifs is 2. The molecule has 0 aliphatic carbocycles. The minimum atomic E-state index is -0.769. The average molecular weight is 411 g/mol. The molecule has 154 valence electrons. The van der Waals surface area contributed by atoms with E-state index in [2.05, 4.69) is 0 Å². The molecule has 31 heavy (non-hydrogen) atoms. The lowest BCUT2D eigenvalue weighted by molar-refractivity contribution is -0.153. The highest BCUT2D eigenvalue weighted by molar-refractivity contribution is 6.08. The molecule has 2 saturated heterocycles. The highest BCUT2D eigenvalue weighted by Gasteiger charge is 2.67. The van der Waals surface area contributed by atoms with Crippen LogP contribution in [0.2, 0.25) is 0 Å². The Kier molecular flexibility index (Phi) is 4.02. The number of hydrogen-bond acceptors (Lipinski definition) is 4. The van der Waals surface area contributed by atoms with Crippen LogP contribution in [0.4, 0.5) is 5.69 Å². The highest BCUT2D eigenvalue weighted by Crippen LogP contribution is 2.53. The zero-order valence-electron chi connectivity index (χ0n) is 16.8. The molecule has 2 bridgehead atoms. The Morgan fingerprint density at radius 3 is 2.68 bits per heavy atom. The van der Waals surface area contributed by atoms with Gasteiger partial charge in [0.1, 0.15) is 18.1 Å². The molecule has 3 aliphatic heterocycles. The molecule has 2 fully saturated rings. The van der Waals surface area contributed by atoms with E-state index < -0.39 is 23.5 Å². The lowest BCUT2D eigenvalue weighted by Gasteiger charge is -2.23. The van der Waals surface area contributed by atoms with Gasteiger partial charge in [-0.1, -0.05) is 78.9 Å². The van der Waals surface area contributed by atoms with Gasteiger partial charge >= 0.3 is 5.97 Å². The SMILES string of the molecule is O=C(OCc1ccccc1)C1[C@H]2C(=O)N(c3cccc4ccccc34)C[C@]23C=C[C@H]1O3. The third-order valence-electron chi connectivity index (χ3n) is 6.65. The fourth-order valence-electron chi connectivity index (χ4n) is 5.24. The number of ether oxygens (including phenoxy) is 2. The number of nitrogens with zero attached hydrogens (tertiary/aromatic N) is 1. The number of esters is 1. The lowest BCUT2D eigenvalue weighted by atomic mass is 9.77. The molecule has 0 N–H and O–H groups in total. The summed E-state index contributed by atoms with van der Waals surface area (Å²) in [6, 6.07) is 23.5. The Labute approximate surface area is 179 Å². The van der Waals surface area contributed by atoms with Crippen molar-refractivity contribution in [3.63, 3.8) is 0 Å². The molecule has 1 amide bonds. The average Bonchev–Trinajstić information content (AvgIpc) is 3.46. The van der Waals surface area contributed by atoms with Crippen LogP contribution in [0.15, 0.2) is 84.9 Å². The first kappa shape index (κ1) is 18.3. The maximum Gasteiger partial charge on any atom is 0.313 e. The summed E-state index contributed by atoms with van der Waals surface area (Å²) in [5.74, 6) is -1.64. The molecule has 3 aliphatic rings. The molecular formula is C26H21NO4. The zero-order valence-corrected chi connectivity index (χ0v) is 16.8. The Morgan fingerprint density at radius 2 is 1.81 bits per heavy atom. The summed E-state index contributed by atoms with van der Waals surface area (Å²) >= 11 is 0. The van der Waals surface area contributed by atoms with E-state index in [1.807, 2.05) is 84.9 Å². The fourth-order valence-corrected chi connectivity index (χ4v) is 5.24. The predicted octanol–water partition coefficient (Wildman–Crippen LogP) is 3.87. The smallest absolute Gasteiger partial charge is 0.313 e. The van der Waals surface area contributed by atoms with Gasteiger partial charge in [-0.05, 0) is 17.0 Å². The molecule has 0 aromatic heterocycles. The minimum absolute atomic E-state index is 0.0788. The van der Waals surface area contributed by atoms with Gasteiger partial charge in [-0.15, -0.1) is 0 Å². The fraction of sp³-hybridized carbons (Fsp3) is 0.231. The van der Waals surface area contributed by atoms with Crippen LogP contribution >= 0.6 is 0 Å². The van der Waals surface area contributed by atoms with Crippen LogP contribution in [0.5, 0.6) is 0 Å². The molecule has 1 spiro atoms. The van der Waals surface area contributed by atoms with Crippen LogP contribution < -0.4 is 4.90 Å². The van der Waals surface area contributed by atoms with Crippen LogP contribution in [-0.2, 0) is 25.7 Å². The molecular weight excluding hydrogens is 390 g/mol. The number of carbonyl (C=O) groups excluding carboxylic acids is 2. The summed E-state index contributed by atoms with van der Waals surface area (Å²) in [6.45, 7) is 0.591. The van der Waals surface area contributed by atoms with Crippen molar-refractivity contribution in [3.05, 3.63) is 90.5 Å². The number of amides is 1. The second kappa shape index (κ2) is 6.79. The second-order valence-corrected chi connectivity index (χ2v) is 8.42. The Balaban J connectivity index is 1.30. The van der Waals surface area contributed by atoms with Gasteiger partial charge in [-0.2, -0.15) is 0 Å². The first-order valence-electron chi connectivity index (χ1n) is 10.5. The molecule has 3 aromatic carbocycles. The highest BCUT2D eigenvalue weighted by atomic mass is 16.6. The number of rotatable bonds is 4. The number of carbonyl (C=O) groups is 2. The summed E-state index contributed by atoms with van der Waals surface area (Å²) in [4.78, 5) is 28.4. The van der Waals surface area contributed by atoms with Crippen molar-refractivity contribution in [1.82, 2.24) is 0 Å². The molecule has 1 unspecified atom stereocenters. The van der Waals surface area contributed by atoms with E-state index in [4.69, 9.17) is 9.47 Å². The third kappa shape index (κ3) is 2.73. The zero-order chi connectivity index (χ0) is 21.0. The molecule has 5 heteroatoms. The molecule has 0 radical (unpaired) electrons. The van der Waals surface area contributed by atoms with E-state index in [0.29, 0.717) is 6.54 Å². The number of anilines is 1. The summed E-state index contributed by atoms with van der Waals surface area (Å²) in [7, 11) is 0. The van der Waals surface area contributed by atoms with Gasteiger partial charge < -0.3 is 14.4 Å². The maximum atomic E-state index is 13.6. The second-order valence-electron chi connectivity index (χ2n) is 8.42. The van der Waals surface area contributed by atoms with Crippen molar-refractivity contribution < 1.29 is 19.1 Å². The van der Waals surface area contributed by atoms with Gasteiger partial charge in [0.15, 0.2) is 0 Å². The standard InChI is InChI=1S/C26H21NO4/c28-24-23-22(25(29)30-15-17-7-2-1-3-8-17)21-13-14-26(23,31-21)16-27(24)20-12-6-10-18-9-4-5-11-19(18)20/h1-14,21-23H,15-16H2/t21-,22?,23+,26-/m1/s1. The van der Waals surface area contributed by atoms with Crippen molar-refractivity contribution in [2.24, 2.45) is 11.8 Å². The minimum Gasteiger partial charge on any atom is -0.460 e. The van der Waals surface area contributed by atoms with Crippen molar-refractivity contribution in [3.8, 4) is 0 Å². The van der Waals surface area contributed by atoms with Gasteiger partial charge in [-0.25, -0.2) is 0 Å². The van der Waals surface area contributed by atoms with Crippen LogP contribution in [0.1, 0.15) is 5.56 Å². The molecule has 3 heterocycles. The van der Waals surface area contributed by atoms with Gasteiger partial charge in [0.05, 0.1) is 24.3 Å². The Bertz CT molecular complexity index is 1220. The van der Waals surface area contributed by atoms with Crippen LogP contribution in [-0.4, -0.2) is 30.1 Å². The Hall–Kier alpha value is -3.44. The van der Waals surface area contributed by atoms with Gasteiger partial charge in [0.25, 0.3) is 0 Å². The van der Waals surface area contributed by atoms with Crippen LogP contribution in [0, 0.1) is 11.8 Å². The molecule has 0 saturated carbocycles. The van der Waals surface area contributed by atoms with Gasteiger partial charge in [-0.3, -0.25) is 9.59 Å². The van der Waals surface area contributed by atoms with E-state index in [9.17, 15) is 9.59 Å². The van der Waals surface area contributed by atoms with Gasteiger partial charge in [0, 0.05) is 5.39 Å². The van der Waals surface area contributed by atoms with E-state index in [-0.39, 0.29) is 18.5 Å². The predicted molar refractivity (Wildman–Crippen MR) is 116 cm³/mol. The third-order valence-corrected chi connectivity index (χ3v) is 6.65. The van der Waals surface area contributed by atoms with Crippen LogP contribution in [0.3, 0.4) is 0 Å². The summed E-state index contributed by atoms with van der Waals surface area (Å²) in [6.07, 6.45) is 3.46. The molecule has 3 aromatic rings. The molecule has 6 rings (SSSR count). The van der Waals surface area contributed by atoms with Crippen molar-refractivity contribution in [2.75, 3.05) is 11.4 Å². The number of hydrogen-bond donors (Lipinski definition) is 0. The summed E-state index contributed by atoms with van der Waals surface area (Å²) in [5.41, 5.74) is 0.999. The van der Waals surface area contributed by atoms with Crippen LogP contribution in [0.25, 0.3) is 10.8 Å². The topological polar surface area (TPSA) is 55.8 Å². The largest absolute Gasteiger partial charge is 0.460 e. The quantitative estimate of drug-likeness (QED) is 0.483. The lowest BCUT2D eigenvalue weighted by Crippen LogP contribution is -2.40.